The minimum atomic E-state index is 0.915. The van der Waals surface area contributed by atoms with Gasteiger partial charge in [-0.3, -0.25) is 4.99 Å². The van der Waals surface area contributed by atoms with Crippen molar-refractivity contribution in [2.75, 3.05) is 19.6 Å². The molecule has 0 saturated heterocycles. The van der Waals surface area contributed by atoms with Crippen molar-refractivity contribution in [3.05, 3.63) is 0 Å². The van der Waals surface area contributed by atoms with Gasteiger partial charge in [0.05, 0.1) is 0 Å². The maximum absolute atomic E-state index is 4.50. The molecule has 0 aromatic heterocycles. The number of nitrogens with zero attached hydrogens (tertiary/aromatic N) is 1. The van der Waals surface area contributed by atoms with Gasteiger partial charge in [-0.25, -0.2) is 0 Å². The Kier molecular flexibility index (Phi) is 7.85. The van der Waals surface area contributed by atoms with Crippen LogP contribution in [0, 0.1) is 5.92 Å². The van der Waals surface area contributed by atoms with Crippen molar-refractivity contribution >= 4 is 5.96 Å². The Morgan fingerprint density at radius 2 is 1.94 bits per heavy atom. The van der Waals surface area contributed by atoms with Crippen LogP contribution in [0.1, 0.15) is 58.8 Å². The molecule has 1 saturated carbocycles. The van der Waals surface area contributed by atoms with Gasteiger partial charge < -0.3 is 10.6 Å². The largest absolute Gasteiger partial charge is 0.357 e. The fourth-order valence-corrected chi connectivity index (χ4v) is 2.46. The Bertz CT molecular complexity index is 208. The summed E-state index contributed by atoms with van der Waals surface area (Å²) in [4.78, 5) is 4.50. The van der Waals surface area contributed by atoms with Gasteiger partial charge in [0.2, 0.25) is 0 Å². The second-order valence-corrected chi connectivity index (χ2v) is 4.98. The molecule has 3 nitrogen and oxygen atoms in total. The van der Waals surface area contributed by atoms with Crippen LogP contribution in [0.5, 0.6) is 0 Å². The van der Waals surface area contributed by atoms with Gasteiger partial charge in [-0.2, -0.15) is 0 Å². The maximum Gasteiger partial charge on any atom is 0.191 e. The number of rotatable bonds is 7. The molecule has 0 radical (unpaired) electrons. The lowest BCUT2D eigenvalue weighted by Crippen LogP contribution is -2.37. The third kappa shape index (κ3) is 6.54. The fourth-order valence-electron chi connectivity index (χ4n) is 2.46. The summed E-state index contributed by atoms with van der Waals surface area (Å²) >= 11 is 0. The van der Waals surface area contributed by atoms with Crippen LogP contribution in [0.2, 0.25) is 0 Å². The molecular weight excluding hydrogens is 210 g/mol. The van der Waals surface area contributed by atoms with Gasteiger partial charge in [-0.1, -0.05) is 32.6 Å². The highest BCUT2D eigenvalue weighted by Gasteiger charge is 2.13. The van der Waals surface area contributed by atoms with Crippen LogP contribution < -0.4 is 10.6 Å². The molecule has 17 heavy (non-hydrogen) atoms. The van der Waals surface area contributed by atoms with Crippen LogP contribution in [0.3, 0.4) is 0 Å². The van der Waals surface area contributed by atoms with Crippen molar-refractivity contribution in [1.82, 2.24) is 10.6 Å². The lowest BCUT2D eigenvalue weighted by atomic mass is 10.0. The number of nitrogens with one attached hydrogen (secondary N) is 2. The lowest BCUT2D eigenvalue weighted by Gasteiger charge is -2.12. The third-order valence-electron chi connectivity index (χ3n) is 3.39. The van der Waals surface area contributed by atoms with E-state index in [1.54, 1.807) is 0 Å². The zero-order chi connectivity index (χ0) is 12.3. The highest BCUT2D eigenvalue weighted by molar-refractivity contribution is 5.79. The van der Waals surface area contributed by atoms with Gasteiger partial charge in [0.25, 0.3) is 0 Å². The Morgan fingerprint density at radius 3 is 2.59 bits per heavy atom. The van der Waals surface area contributed by atoms with Gasteiger partial charge in [0.15, 0.2) is 5.96 Å². The topological polar surface area (TPSA) is 36.4 Å². The van der Waals surface area contributed by atoms with E-state index in [0.717, 1.165) is 37.9 Å². The van der Waals surface area contributed by atoms with Gasteiger partial charge >= 0.3 is 0 Å². The van der Waals surface area contributed by atoms with Crippen LogP contribution in [0.4, 0.5) is 0 Å². The number of hydrogen-bond acceptors (Lipinski definition) is 1. The predicted molar refractivity (Wildman–Crippen MR) is 75.5 cm³/mol. The summed E-state index contributed by atoms with van der Waals surface area (Å²) in [5, 5.41) is 6.70. The smallest absolute Gasteiger partial charge is 0.191 e. The molecule has 100 valence electrons. The van der Waals surface area contributed by atoms with E-state index in [4.69, 9.17) is 0 Å². The quantitative estimate of drug-likeness (QED) is 0.407. The monoisotopic (exact) mass is 239 g/mol. The van der Waals surface area contributed by atoms with E-state index < -0.39 is 0 Å². The van der Waals surface area contributed by atoms with Crippen molar-refractivity contribution < 1.29 is 0 Å². The molecule has 0 amide bonds. The number of aliphatic imine (C=N–C) groups is 1. The molecule has 1 rings (SSSR count). The molecular formula is C14H29N3. The first kappa shape index (κ1) is 14.3. The standard InChI is InChI=1S/C14H29N3/c1-3-11-16-14(15-4-2)17-12-7-10-13-8-5-6-9-13/h13H,3-12H2,1-2H3,(H2,15,16,17). The van der Waals surface area contributed by atoms with Crippen molar-refractivity contribution in [3.8, 4) is 0 Å². The molecule has 0 heterocycles. The predicted octanol–water partition coefficient (Wildman–Crippen LogP) is 2.92. The molecule has 1 fully saturated rings. The Balaban J connectivity index is 2.08. The highest BCUT2D eigenvalue weighted by atomic mass is 15.2. The average molecular weight is 239 g/mol. The van der Waals surface area contributed by atoms with E-state index in [1.807, 2.05) is 0 Å². The first-order chi connectivity index (χ1) is 8.36. The molecule has 0 spiro atoms. The van der Waals surface area contributed by atoms with Crippen molar-refractivity contribution in [2.45, 2.75) is 58.8 Å². The van der Waals surface area contributed by atoms with Crippen molar-refractivity contribution in [2.24, 2.45) is 10.9 Å². The normalized spacial score (nSPS) is 17.4. The second-order valence-electron chi connectivity index (χ2n) is 4.98. The van der Waals surface area contributed by atoms with Gasteiger partial charge in [-0.05, 0) is 32.1 Å². The van der Waals surface area contributed by atoms with Crippen LogP contribution >= 0.6 is 0 Å². The first-order valence-electron chi connectivity index (χ1n) is 7.39. The number of hydrogen-bond donors (Lipinski definition) is 2. The molecule has 1 aliphatic rings. The van der Waals surface area contributed by atoms with Gasteiger partial charge in [0.1, 0.15) is 0 Å². The summed E-state index contributed by atoms with van der Waals surface area (Å²) in [6.07, 6.45) is 9.62. The molecule has 2 N–H and O–H groups in total. The van der Waals surface area contributed by atoms with E-state index in [1.165, 1.54) is 38.5 Å². The zero-order valence-corrected chi connectivity index (χ0v) is 11.6. The maximum atomic E-state index is 4.50. The highest BCUT2D eigenvalue weighted by Crippen LogP contribution is 2.28. The van der Waals surface area contributed by atoms with E-state index in [2.05, 4.69) is 29.5 Å². The molecule has 0 aliphatic heterocycles. The molecule has 3 heteroatoms. The SMILES string of the molecule is CCCN=C(NCC)NCCCC1CCCC1. The summed E-state index contributed by atoms with van der Waals surface area (Å²) in [5.41, 5.74) is 0. The number of guanidine groups is 1. The Hall–Kier alpha value is -0.730. The first-order valence-corrected chi connectivity index (χ1v) is 7.39. The third-order valence-corrected chi connectivity index (χ3v) is 3.39. The second kappa shape index (κ2) is 9.32. The Labute approximate surface area is 106 Å². The summed E-state index contributed by atoms with van der Waals surface area (Å²) in [7, 11) is 0. The van der Waals surface area contributed by atoms with E-state index in [-0.39, 0.29) is 0 Å². The zero-order valence-electron chi connectivity index (χ0n) is 11.6. The summed E-state index contributed by atoms with van der Waals surface area (Å²) in [5.74, 6) is 1.99. The molecule has 0 aromatic rings. The molecule has 0 aromatic carbocycles. The van der Waals surface area contributed by atoms with Gasteiger partial charge in [-0.15, -0.1) is 0 Å². The minimum absolute atomic E-state index is 0.915. The average Bonchev–Trinajstić information content (AvgIpc) is 2.84. The fraction of sp³-hybridized carbons (Fsp3) is 0.929. The molecule has 0 atom stereocenters. The Morgan fingerprint density at radius 1 is 1.18 bits per heavy atom. The lowest BCUT2D eigenvalue weighted by molar-refractivity contribution is 0.481. The molecule has 0 unspecified atom stereocenters. The van der Waals surface area contributed by atoms with Crippen molar-refractivity contribution in [1.29, 1.82) is 0 Å². The summed E-state index contributed by atoms with van der Waals surface area (Å²) in [6.45, 7) is 7.19. The summed E-state index contributed by atoms with van der Waals surface area (Å²) < 4.78 is 0. The summed E-state index contributed by atoms with van der Waals surface area (Å²) in [6, 6.07) is 0. The van der Waals surface area contributed by atoms with Gasteiger partial charge in [0, 0.05) is 19.6 Å². The van der Waals surface area contributed by atoms with Crippen LogP contribution in [0.15, 0.2) is 4.99 Å². The molecule has 0 bridgehead atoms. The van der Waals surface area contributed by atoms with Crippen molar-refractivity contribution in [3.63, 3.8) is 0 Å². The minimum Gasteiger partial charge on any atom is -0.357 e. The van der Waals surface area contributed by atoms with E-state index in [0.29, 0.717) is 0 Å². The van der Waals surface area contributed by atoms with E-state index in [9.17, 15) is 0 Å². The van der Waals surface area contributed by atoms with Crippen LogP contribution in [0.25, 0.3) is 0 Å². The molecule has 1 aliphatic carbocycles. The van der Waals surface area contributed by atoms with E-state index >= 15 is 0 Å². The van der Waals surface area contributed by atoms with Crippen LogP contribution in [-0.2, 0) is 0 Å². The van der Waals surface area contributed by atoms with Crippen LogP contribution in [-0.4, -0.2) is 25.6 Å².